The lowest BCUT2D eigenvalue weighted by Crippen LogP contribution is -2.33. The maximum absolute atomic E-state index is 11.9. The molecule has 0 heterocycles. The monoisotopic (exact) mass is 279 g/mol. The lowest BCUT2D eigenvalue weighted by Gasteiger charge is -2.18. The number of urea groups is 1. The zero-order valence-electron chi connectivity index (χ0n) is 12.1. The van der Waals surface area contributed by atoms with E-state index in [1.165, 1.54) is 6.07 Å². The molecule has 20 heavy (non-hydrogen) atoms. The standard InChI is InChI=1S/C14H21N3O3/c1-10-9-11(5-6-12(10)13(18)19)16-14(20)17(3)8-4-7-15-2/h5-6,9,15H,4,7-8H2,1-3H3,(H,16,20)(H,18,19). The first kappa shape index (κ1) is 16.0. The summed E-state index contributed by atoms with van der Waals surface area (Å²) in [4.78, 5) is 24.4. The SMILES string of the molecule is CNCCCN(C)C(=O)Nc1ccc(C(=O)O)c(C)c1. The van der Waals surface area contributed by atoms with Crippen LogP contribution in [0.4, 0.5) is 10.5 Å². The highest BCUT2D eigenvalue weighted by Gasteiger charge is 2.11. The van der Waals surface area contributed by atoms with E-state index in [4.69, 9.17) is 5.11 Å². The minimum Gasteiger partial charge on any atom is -0.478 e. The minimum absolute atomic E-state index is 0.205. The Bertz CT molecular complexity index is 489. The van der Waals surface area contributed by atoms with Crippen LogP contribution < -0.4 is 10.6 Å². The van der Waals surface area contributed by atoms with E-state index in [9.17, 15) is 9.59 Å². The van der Waals surface area contributed by atoms with Gasteiger partial charge in [-0.15, -0.1) is 0 Å². The fourth-order valence-electron chi connectivity index (χ4n) is 1.79. The van der Waals surface area contributed by atoms with Crippen molar-refractivity contribution in [2.45, 2.75) is 13.3 Å². The molecule has 2 amide bonds. The summed E-state index contributed by atoms with van der Waals surface area (Å²) in [6.45, 7) is 3.21. The van der Waals surface area contributed by atoms with E-state index in [1.54, 1.807) is 31.0 Å². The van der Waals surface area contributed by atoms with Gasteiger partial charge in [-0.25, -0.2) is 9.59 Å². The summed E-state index contributed by atoms with van der Waals surface area (Å²) in [5.41, 5.74) is 1.46. The second kappa shape index (κ2) is 7.49. The second-order valence-electron chi connectivity index (χ2n) is 4.64. The number of benzene rings is 1. The molecule has 0 atom stereocenters. The Kier molecular flexibility index (Phi) is 5.99. The zero-order chi connectivity index (χ0) is 15.1. The largest absolute Gasteiger partial charge is 0.478 e. The van der Waals surface area contributed by atoms with Crippen LogP contribution in [0.3, 0.4) is 0 Å². The number of carboxylic acid groups (broad SMARTS) is 1. The van der Waals surface area contributed by atoms with Crippen molar-refractivity contribution in [3.05, 3.63) is 29.3 Å². The first-order chi connectivity index (χ1) is 9.45. The predicted molar refractivity (Wildman–Crippen MR) is 78.3 cm³/mol. The van der Waals surface area contributed by atoms with Gasteiger partial charge in [-0.05, 0) is 50.7 Å². The van der Waals surface area contributed by atoms with Crippen molar-refractivity contribution in [3.63, 3.8) is 0 Å². The van der Waals surface area contributed by atoms with Crippen LogP contribution in [0.2, 0.25) is 0 Å². The van der Waals surface area contributed by atoms with Crippen molar-refractivity contribution in [2.24, 2.45) is 0 Å². The number of aryl methyl sites for hydroxylation is 1. The van der Waals surface area contributed by atoms with Gasteiger partial charge in [0.2, 0.25) is 0 Å². The van der Waals surface area contributed by atoms with E-state index in [1.807, 2.05) is 7.05 Å². The summed E-state index contributed by atoms with van der Waals surface area (Å²) in [6.07, 6.45) is 0.872. The van der Waals surface area contributed by atoms with Gasteiger partial charge in [0, 0.05) is 19.3 Å². The van der Waals surface area contributed by atoms with Crippen LogP contribution in [0.5, 0.6) is 0 Å². The van der Waals surface area contributed by atoms with Gasteiger partial charge in [0.1, 0.15) is 0 Å². The number of rotatable bonds is 6. The third-order valence-electron chi connectivity index (χ3n) is 2.98. The van der Waals surface area contributed by atoms with E-state index < -0.39 is 5.97 Å². The number of anilines is 1. The molecule has 0 saturated carbocycles. The van der Waals surface area contributed by atoms with Crippen LogP contribution in [-0.2, 0) is 0 Å². The Hall–Kier alpha value is -2.08. The van der Waals surface area contributed by atoms with Crippen molar-refractivity contribution in [1.82, 2.24) is 10.2 Å². The van der Waals surface area contributed by atoms with Crippen LogP contribution in [0.25, 0.3) is 0 Å². The molecule has 0 bridgehead atoms. The Morgan fingerprint density at radius 3 is 2.60 bits per heavy atom. The molecule has 0 saturated heterocycles. The third-order valence-corrected chi connectivity index (χ3v) is 2.98. The van der Waals surface area contributed by atoms with E-state index >= 15 is 0 Å². The normalized spacial score (nSPS) is 10.2. The molecular weight excluding hydrogens is 258 g/mol. The van der Waals surface area contributed by atoms with E-state index in [2.05, 4.69) is 10.6 Å². The second-order valence-corrected chi connectivity index (χ2v) is 4.64. The van der Waals surface area contributed by atoms with E-state index in [0.717, 1.165) is 13.0 Å². The van der Waals surface area contributed by atoms with Crippen LogP contribution in [-0.4, -0.2) is 49.2 Å². The van der Waals surface area contributed by atoms with Crippen molar-refractivity contribution in [1.29, 1.82) is 0 Å². The van der Waals surface area contributed by atoms with Gasteiger partial charge in [0.05, 0.1) is 5.56 Å². The van der Waals surface area contributed by atoms with Gasteiger partial charge in [0.15, 0.2) is 0 Å². The number of carbonyl (C=O) groups is 2. The highest BCUT2D eigenvalue weighted by molar-refractivity contribution is 5.92. The number of hydrogen-bond donors (Lipinski definition) is 3. The number of nitrogens with zero attached hydrogens (tertiary/aromatic N) is 1. The minimum atomic E-state index is -0.968. The molecule has 3 N–H and O–H groups in total. The molecule has 0 aliphatic rings. The molecule has 0 radical (unpaired) electrons. The Labute approximate surface area is 118 Å². The van der Waals surface area contributed by atoms with Crippen LogP contribution in [0.1, 0.15) is 22.3 Å². The number of carboxylic acids is 1. The average Bonchev–Trinajstić information content (AvgIpc) is 2.38. The van der Waals surface area contributed by atoms with Crippen molar-refractivity contribution >= 4 is 17.7 Å². The number of nitrogens with one attached hydrogen (secondary N) is 2. The molecule has 6 nitrogen and oxygen atoms in total. The van der Waals surface area contributed by atoms with Gasteiger partial charge < -0.3 is 20.6 Å². The molecule has 0 fully saturated rings. The quantitative estimate of drug-likeness (QED) is 0.693. The first-order valence-electron chi connectivity index (χ1n) is 6.46. The van der Waals surface area contributed by atoms with Gasteiger partial charge in [-0.2, -0.15) is 0 Å². The van der Waals surface area contributed by atoms with Gasteiger partial charge in [-0.3, -0.25) is 0 Å². The van der Waals surface area contributed by atoms with Crippen LogP contribution in [0, 0.1) is 6.92 Å². The number of aromatic carboxylic acids is 1. The smallest absolute Gasteiger partial charge is 0.335 e. The molecule has 0 unspecified atom stereocenters. The highest BCUT2D eigenvalue weighted by atomic mass is 16.4. The molecular formula is C14H21N3O3. The maximum Gasteiger partial charge on any atom is 0.335 e. The summed E-state index contributed by atoms with van der Waals surface area (Å²) in [6, 6.07) is 4.54. The fourth-order valence-corrected chi connectivity index (χ4v) is 1.79. The first-order valence-corrected chi connectivity index (χ1v) is 6.46. The number of amides is 2. The summed E-state index contributed by atoms with van der Waals surface area (Å²) >= 11 is 0. The number of hydrogen-bond acceptors (Lipinski definition) is 3. The molecule has 0 aliphatic carbocycles. The lowest BCUT2D eigenvalue weighted by atomic mass is 10.1. The Balaban J connectivity index is 2.62. The molecule has 6 heteroatoms. The summed E-state index contributed by atoms with van der Waals surface area (Å²) < 4.78 is 0. The molecule has 1 aromatic rings. The molecule has 1 aromatic carbocycles. The summed E-state index contributed by atoms with van der Waals surface area (Å²) in [5.74, 6) is -0.968. The lowest BCUT2D eigenvalue weighted by molar-refractivity contribution is 0.0696. The van der Waals surface area contributed by atoms with Crippen molar-refractivity contribution in [2.75, 3.05) is 32.5 Å². The molecule has 1 rings (SSSR count). The van der Waals surface area contributed by atoms with Crippen LogP contribution in [0.15, 0.2) is 18.2 Å². The van der Waals surface area contributed by atoms with Gasteiger partial charge >= 0.3 is 12.0 Å². The molecule has 110 valence electrons. The van der Waals surface area contributed by atoms with Crippen molar-refractivity contribution < 1.29 is 14.7 Å². The molecule has 0 aromatic heterocycles. The maximum atomic E-state index is 11.9. The topological polar surface area (TPSA) is 81.7 Å². The molecule has 0 spiro atoms. The highest BCUT2D eigenvalue weighted by Crippen LogP contribution is 2.15. The predicted octanol–water partition coefficient (Wildman–Crippen LogP) is 1.77. The van der Waals surface area contributed by atoms with Crippen LogP contribution >= 0.6 is 0 Å². The number of carbonyl (C=O) groups excluding carboxylic acids is 1. The fraction of sp³-hybridized carbons (Fsp3) is 0.429. The van der Waals surface area contributed by atoms with Gasteiger partial charge in [0.25, 0.3) is 0 Å². The zero-order valence-corrected chi connectivity index (χ0v) is 12.1. The Morgan fingerprint density at radius 2 is 2.05 bits per heavy atom. The third kappa shape index (κ3) is 4.55. The van der Waals surface area contributed by atoms with Gasteiger partial charge in [-0.1, -0.05) is 0 Å². The average molecular weight is 279 g/mol. The van der Waals surface area contributed by atoms with E-state index in [-0.39, 0.29) is 11.6 Å². The molecule has 0 aliphatic heterocycles. The van der Waals surface area contributed by atoms with E-state index in [0.29, 0.717) is 17.8 Å². The summed E-state index contributed by atoms with van der Waals surface area (Å²) in [5, 5.41) is 14.7. The van der Waals surface area contributed by atoms with Crippen molar-refractivity contribution in [3.8, 4) is 0 Å². The summed E-state index contributed by atoms with van der Waals surface area (Å²) in [7, 11) is 3.59. The Morgan fingerprint density at radius 1 is 1.35 bits per heavy atom.